The van der Waals surface area contributed by atoms with Crippen molar-refractivity contribution < 1.29 is 14.4 Å². The van der Waals surface area contributed by atoms with Crippen LogP contribution >= 0.6 is 0 Å². The number of pyridine rings is 1. The zero-order valence-corrected chi connectivity index (χ0v) is 11.3. The summed E-state index contributed by atoms with van der Waals surface area (Å²) in [4.78, 5) is 14.6. The molecule has 1 heterocycles. The fourth-order valence-electron chi connectivity index (χ4n) is 1.82. The number of terminal acetylenes is 1. The van der Waals surface area contributed by atoms with Crippen molar-refractivity contribution in [1.82, 2.24) is 4.98 Å². The van der Waals surface area contributed by atoms with Crippen LogP contribution in [0.1, 0.15) is 0 Å². The molecule has 0 saturated carbocycles. The minimum absolute atomic E-state index is 0.0724. The van der Waals surface area contributed by atoms with Crippen LogP contribution in [-0.4, -0.2) is 23.6 Å². The molecule has 1 aromatic carbocycles. The first-order valence-electron chi connectivity index (χ1n) is 6.01. The zero-order chi connectivity index (χ0) is 15.2. The van der Waals surface area contributed by atoms with E-state index in [9.17, 15) is 10.1 Å². The Hall–Kier alpha value is -3.07. The highest BCUT2D eigenvalue weighted by molar-refractivity contribution is 5.71. The molecule has 0 unspecified atom stereocenters. The Kier molecular flexibility index (Phi) is 4.36. The molecule has 0 saturated heterocycles. The van der Waals surface area contributed by atoms with Crippen LogP contribution in [-0.2, 0) is 0 Å². The van der Waals surface area contributed by atoms with Gasteiger partial charge in [0.05, 0.1) is 12.0 Å². The Labute approximate surface area is 121 Å². The minimum Gasteiger partial charge on any atom is -0.493 e. The Morgan fingerprint density at radius 3 is 2.86 bits per heavy atom. The second-order valence-electron chi connectivity index (χ2n) is 3.99. The van der Waals surface area contributed by atoms with Crippen molar-refractivity contribution in [2.45, 2.75) is 0 Å². The Morgan fingerprint density at radius 2 is 2.19 bits per heavy atom. The van der Waals surface area contributed by atoms with Gasteiger partial charge in [-0.15, -0.1) is 6.42 Å². The number of methoxy groups -OCH3 is 1. The van der Waals surface area contributed by atoms with Crippen molar-refractivity contribution in [2.75, 3.05) is 13.7 Å². The normalized spacial score (nSPS) is 9.71. The van der Waals surface area contributed by atoms with Gasteiger partial charge in [-0.2, -0.15) is 0 Å². The first-order chi connectivity index (χ1) is 10.2. The molecule has 2 aromatic rings. The van der Waals surface area contributed by atoms with E-state index >= 15 is 0 Å². The van der Waals surface area contributed by atoms with Crippen LogP contribution in [0.15, 0.2) is 36.5 Å². The summed E-state index contributed by atoms with van der Waals surface area (Å²) in [6.45, 7) is 0.111. The van der Waals surface area contributed by atoms with Gasteiger partial charge in [-0.25, -0.2) is 4.98 Å². The molecular formula is C15H12N2O4. The number of hydrogen-bond donors (Lipinski definition) is 0. The van der Waals surface area contributed by atoms with Crippen LogP contribution in [0.25, 0.3) is 11.3 Å². The summed E-state index contributed by atoms with van der Waals surface area (Å²) in [5.74, 6) is 3.26. The highest BCUT2D eigenvalue weighted by Crippen LogP contribution is 2.34. The smallest absolute Gasteiger partial charge is 0.295 e. The summed E-state index contributed by atoms with van der Waals surface area (Å²) in [7, 11) is 1.48. The van der Waals surface area contributed by atoms with Gasteiger partial charge in [0.15, 0.2) is 11.5 Å². The number of nitrogens with zero attached hydrogens (tertiary/aromatic N) is 2. The highest BCUT2D eigenvalue weighted by Gasteiger charge is 2.17. The number of hydrogen-bond acceptors (Lipinski definition) is 5. The summed E-state index contributed by atoms with van der Waals surface area (Å²) in [5.41, 5.74) is 0.758. The molecule has 0 amide bonds. The van der Waals surface area contributed by atoms with Crippen LogP contribution in [0.4, 0.5) is 5.69 Å². The molecule has 0 atom stereocenters. The number of rotatable bonds is 5. The topological polar surface area (TPSA) is 74.5 Å². The fraction of sp³-hybridized carbons (Fsp3) is 0.133. The van der Waals surface area contributed by atoms with Gasteiger partial charge in [-0.05, 0) is 24.3 Å². The summed E-state index contributed by atoms with van der Waals surface area (Å²) in [6, 6.07) is 7.86. The van der Waals surface area contributed by atoms with Crippen molar-refractivity contribution in [1.29, 1.82) is 0 Å². The molecule has 0 aliphatic rings. The second-order valence-corrected chi connectivity index (χ2v) is 3.99. The highest BCUT2D eigenvalue weighted by atomic mass is 16.6. The second kappa shape index (κ2) is 6.39. The van der Waals surface area contributed by atoms with E-state index in [1.165, 1.54) is 25.4 Å². The summed E-state index contributed by atoms with van der Waals surface area (Å²) < 4.78 is 10.5. The average molecular weight is 284 g/mol. The maximum atomic E-state index is 11.0. The van der Waals surface area contributed by atoms with E-state index in [0.717, 1.165) is 0 Å². The average Bonchev–Trinajstić information content (AvgIpc) is 2.52. The van der Waals surface area contributed by atoms with Crippen LogP contribution in [0.2, 0.25) is 0 Å². The Morgan fingerprint density at radius 1 is 1.38 bits per heavy atom. The van der Waals surface area contributed by atoms with E-state index in [2.05, 4.69) is 10.9 Å². The Balaban J connectivity index is 2.47. The molecule has 6 nitrogen and oxygen atoms in total. The SMILES string of the molecule is C#CCOc1ccc(-c2ncccc2[N+](=O)[O-])cc1OC. The maximum absolute atomic E-state index is 11.0. The third-order valence-corrected chi connectivity index (χ3v) is 2.73. The fourth-order valence-corrected chi connectivity index (χ4v) is 1.82. The van der Waals surface area contributed by atoms with Gasteiger partial charge in [-0.3, -0.25) is 10.1 Å². The molecule has 0 fully saturated rings. The van der Waals surface area contributed by atoms with Crippen molar-refractivity contribution in [2.24, 2.45) is 0 Å². The lowest BCUT2D eigenvalue weighted by Crippen LogP contribution is -1.98. The van der Waals surface area contributed by atoms with Crippen LogP contribution in [0.3, 0.4) is 0 Å². The molecule has 0 spiro atoms. The molecule has 21 heavy (non-hydrogen) atoms. The third-order valence-electron chi connectivity index (χ3n) is 2.73. The summed E-state index contributed by atoms with van der Waals surface area (Å²) in [5, 5.41) is 11.0. The van der Waals surface area contributed by atoms with Crippen molar-refractivity contribution >= 4 is 5.69 Å². The molecule has 0 aliphatic carbocycles. The van der Waals surface area contributed by atoms with Crippen LogP contribution in [0.5, 0.6) is 11.5 Å². The van der Waals surface area contributed by atoms with Crippen LogP contribution in [0, 0.1) is 22.5 Å². The molecule has 0 aliphatic heterocycles. The van der Waals surface area contributed by atoms with Gasteiger partial charge in [0.2, 0.25) is 0 Å². The van der Waals surface area contributed by atoms with Crippen LogP contribution < -0.4 is 9.47 Å². The van der Waals surface area contributed by atoms with E-state index < -0.39 is 4.92 Å². The Bertz CT molecular complexity index is 707. The van der Waals surface area contributed by atoms with Crippen molar-refractivity contribution in [3.63, 3.8) is 0 Å². The molecule has 0 radical (unpaired) electrons. The number of ether oxygens (including phenoxy) is 2. The number of nitro groups is 1. The molecule has 1 aromatic heterocycles. The predicted molar refractivity (Wildman–Crippen MR) is 77.2 cm³/mol. The summed E-state index contributed by atoms with van der Waals surface area (Å²) >= 11 is 0. The quantitative estimate of drug-likeness (QED) is 0.479. The van der Waals surface area contributed by atoms with Crippen molar-refractivity contribution in [3.8, 4) is 35.1 Å². The van der Waals surface area contributed by atoms with Gasteiger partial charge in [0, 0.05) is 17.8 Å². The maximum Gasteiger partial charge on any atom is 0.295 e. The molecule has 106 valence electrons. The first-order valence-corrected chi connectivity index (χ1v) is 6.01. The monoisotopic (exact) mass is 284 g/mol. The van der Waals surface area contributed by atoms with E-state index in [0.29, 0.717) is 17.1 Å². The van der Waals surface area contributed by atoms with Gasteiger partial charge in [0.1, 0.15) is 12.3 Å². The van der Waals surface area contributed by atoms with E-state index in [4.69, 9.17) is 15.9 Å². The first kappa shape index (κ1) is 14.3. The lowest BCUT2D eigenvalue weighted by molar-refractivity contribution is -0.384. The zero-order valence-electron chi connectivity index (χ0n) is 11.3. The molecule has 2 rings (SSSR count). The van der Waals surface area contributed by atoms with Gasteiger partial charge < -0.3 is 9.47 Å². The van der Waals surface area contributed by atoms with Gasteiger partial charge in [0.25, 0.3) is 5.69 Å². The lowest BCUT2D eigenvalue weighted by atomic mass is 10.1. The molecule has 0 N–H and O–H groups in total. The van der Waals surface area contributed by atoms with E-state index in [-0.39, 0.29) is 18.0 Å². The molecule has 0 bridgehead atoms. The lowest BCUT2D eigenvalue weighted by Gasteiger charge is -2.10. The summed E-state index contributed by atoms with van der Waals surface area (Å²) in [6.07, 6.45) is 6.64. The minimum atomic E-state index is -0.475. The molecule has 6 heteroatoms. The number of aromatic nitrogens is 1. The van der Waals surface area contributed by atoms with Gasteiger partial charge >= 0.3 is 0 Å². The predicted octanol–water partition coefficient (Wildman–Crippen LogP) is 2.68. The largest absolute Gasteiger partial charge is 0.493 e. The van der Waals surface area contributed by atoms with E-state index in [1.807, 2.05) is 0 Å². The number of benzene rings is 1. The standard InChI is InChI=1S/C15H12N2O4/c1-3-9-21-13-7-6-11(10-14(13)20-2)15-12(17(18)19)5-4-8-16-15/h1,4-8,10H,9H2,2H3. The van der Waals surface area contributed by atoms with Gasteiger partial charge in [-0.1, -0.05) is 5.92 Å². The van der Waals surface area contributed by atoms with E-state index in [1.54, 1.807) is 18.2 Å². The molecular weight excluding hydrogens is 272 g/mol. The van der Waals surface area contributed by atoms with Crippen molar-refractivity contribution in [3.05, 3.63) is 46.6 Å². The third kappa shape index (κ3) is 3.09.